The molecule has 5 rings (SSSR count). The Hall–Kier alpha value is -3.86. The maximum Gasteiger partial charge on any atom is 0.321 e. The minimum atomic E-state index is -0.323. The number of nitrogens with one attached hydrogen (secondary N) is 2. The predicted molar refractivity (Wildman–Crippen MR) is 126 cm³/mol. The summed E-state index contributed by atoms with van der Waals surface area (Å²) in [5.74, 6) is 1.69. The van der Waals surface area contributed by atoms with Gasteiger partial charge in [-0.2, -0.15) is 0 Å². The summed E-state index contributed by atoms with van der Waals surface area (Å²) in [6.07, 6.45) is 1.50. The molecule has 0 saturated carbocycles. The zero-order valence-electron chi connectivity index (χ0n) is 18.4. The van der Waals surface area contributed by atoms with Crippen LogP contribution in [0.25, 0.3) is 0 Å². The van der Waals surface area contributed by atoms with E-state index in [-0.39, 0.29) is 24.6 Å². The molecule has 0 unspecified atom stereocenters. The summed E-state index contributed by atoms with van der Waals surface area (Å²) in [5.41, 5.74) is 1.24. The molecular weight excluding hydrogens is 458 g/mol. The second-order valence-electron chi connectivity index (χ2n) is 7.86. The van der Waals surface area contributed by atoms with Gasteiger partial charge in [-0.1, -0.05) is 23.5 Å². The molecule has 3 aromatic rings. The average Bonchev–Trinajstić information content (AvgIpc) is 3.54. The van der Waals surface area contributed by atoms with Crippen LogP contribution in [0.5, 0.6) is 17.2 Å². The van der Waals surface area contributed by atoms with Crippen LogP contribution in [0.15, 0.2) is 42.5 Å². The molecule has 176 valence electrons. The molecule has 1 fully saturated rings. The van der Waals surface area contributed by atoms with E-state index >= 15 is 0 Å². The Morgan fingerprint density at radius 1 is 1.06 bits per heavy atom. The van der Waals surface area contributed by atoms with Gasteiger partial charge < -0.3 is 29.7 Å². The predicted octanol–water partition coefficient (Wildman–Crippen LogP) is 3.94. The average molecular weight is 482 g/mol. The Bertz CT molecular complexity index is 1210. The van der Waals surface area contributed by atoms with E-state index in [9.17, 15) is 9.59 Å². The van der Waals surface area contributed by atoms with E-state index in [0.29, 0.717) is 46.7 Å². The molecular formula is C23H23N5O5S. The number of aromatic nitrogens is 2. The Kier molecular flexibility index (Phi) is 6.17. The largest absolute Gasteiger partial charge is 0.495 e. The van der Waals surface area contributed by atoms with Gasteiger partial charge in [-0.3, -0.25) is 4.79 Å². The number of hydrogen-bond donors (Lipinski definition) is 2. The third-order valence-corrected chi connectivity index (χ3v) is 6.83. The van der Waals surface area contributed by atoms with Gasteiger partial charge in [0.1, 0.15) is 10.8 Å². The number of rotatable bonds is 5. The number of nitrogens with zero attached hydrogens (tertiary/aromatic N) is 3. The number of fused-ring (bicyclic) bond motifs is 1. The Balaban J connectivity index is 1.16. The van der Waals surface area contributed by atoms with Crippen molar-refractivity contribution in [1.29, 1.82) is 0 Å². The van der Waals surface area contributed by atoms with Crippen molar-refractivity contribution in [1.82, 2.24) is 15.1 Å². The summed E-state index contributed by atoms with van der Waals surface area (Å²) in [7, 11) is 1.57. The van der Waals surface area contributed by atoms with E-state index in [4.69, 9.17) is 14.2 Å². The standard InChI is InChI=1S/C23H23N5O5S/c1-31-17-5-3-2-4-16(17)25-23(30)28-10-8-14(9-11-28)21-26-27-22(34-21)20(29)24-15-6-7-18-19(12-15)33-13-32-18/h2-7,12,14H,8-11,13H2,1H3,(H,24,29)(H,25,30). The lowest BCUT2D eigenvalue weighted by Crippen LogP contribution is -2.40. The molecule has 0 aliphatic carbocycles. The number of amides is 3. The van der Waals surface area contributed by atoms with Gasteiger partial charge >= 0.3 is 6.03 Å². The van der Waals surface area contributed by atoms with E-state index in [1.54, 1.807) is 42.3 Å². The van der Waals surface area contributed by atoms with Crippen LogP contribution in [-0.4, -0.2) is 54.0 Å². The lowest BCUT2D eigenvalue weighted by Gasteiger charge is -2.31. The van der Waals surface area contributed by atoms with Crippen LogP contribution in [0, 0.1) is 0 Å². The number of anilines is 2. The fourth-order valence-corrected chi connectivity index (χ4v) is 4.83. The zero-order valence-corrected chi connectivity index (χ0v) is 19.3. The van der Waals surface area contributed by atoms with Crippen molar-refractivity contribution in [2.24, 2.45) is 0 Å². The normalized spacial score (nSPS) is 15.1. The second kappa shape index (κ2) is 9.56. The number of methoxy groups -OCH3 is 1. The molecule has 2 N–H and O–H groups in total. The molecule has 2 aliphatic heterocycles. The quantitative estimate of drug-likeness (QED) is 0.567. The van der Waals surface area contributed by atoms with Gasteiger partial charge in [0, 0.05) is 30.8 Å². The molecule has 0 bridgehead atoms. The van der Waals surface area contributed by atoms with Crippen LogP contribution < -0.4 is 24.8 Å². The van der Waals surface area contributed by atoms with Gasteiger partial charge in [-0.15, -0.1) is 10.2 Å². The van der Waals surface area contributed by atoms with Crippen molar-refractivity contribution in [3.8, 4) is 17.2 Å². The monoisotopic (exact) mass is 481 g/mol. The summed E-state index contributed by atoms with van der Waals surface area (Å²) in [5, 5.41) is 15.2. The molecule has 34 heavy (non-hydrogen) atoms. The summed E-state index contributed by atoms with van der Waals surface area (Å²) in [4.78, 5) is 27.1. The van der Waals surface area contributed by atoms with E-state index in [2.05, 4.69) is 20.8 Å². The van der Waals surface area contributed by atoms with E-state index in [0.717, 1.165) is 17.8 Å². The molecule has 11 heteroatoms. The minimum Gasteiger partial charge on any atom is -0.495 e. The molecule has 10 nitrogen and oxygen atoms in total. The number of hydrogen-bond acceptors (Lipinski definition) is 8. The van der Waals surface area contributed by atoms with Crippen LogP contribution in [-0.2, 0) is 0 Å². The van der Waals surface area contributed by atoms with Crippen LogP contribution in [0.3, 0.4) is 0 Å². The van der Waals surface area contributed by atoms with Crippen molar-refractivity contribution in [3.05, 3.63) is 52.5 Å². The highest BCUT2D eigenvalue weighted by atomic mass is 32.1. The van der Waals surface area contributed by atoms with Gasteiger partial charge in [-0.05, 0) is 37.1 Å². The number of carbonyl (C=O) groups excluding carboxylic acids is 2. The highest BCUT2D eigenvalue weighted by Crippen LogP contribution is 2.35. The van der Waals surface area contributed by atoms with E-state index in [1.807, 2.05) is 12.1 Å². The molecule has 1 aromatic heterocycles. The van der Waals surface area contributed by atoms with Crippen molar-refractivity contribution >= 4 is 34.6 Å². The molecule has 3 amide bonds. The zero-order chi connectivity index (χ0) is 23.5. The summed E-state index contributed by atoms with van der Waals surface area (Å²) < 4.78 is 15.9. The Morgan fingerprint density at radius 2 is 1.85 bits per heavy atom. The number of para-hydroxylation sites is 2. The van der Waals surface area contributed by atoms with Gasteiger partial charge in [0.2, 0.25) is 11.8 Å². The van der Waals surface area contributed by atoms with E-state index in [1.165, 1.54) is 11.3 Å². The van der Waals surface area contributed by atoms with Crippen molar-refractivity contribution in [2.75, 3.05) is 37.6 Å². The van der Waals surface area contributed by atoms with Gasteiger partial charge in [0.25, 0.3) is 5.91 Å². The van der Waals surface area contributed by atoms with Gasteiger partial charge in [0.05, 0.1) is 12.8 Å². The molecule has 3 heterocycles. The maximum atomic E-state index is 12.7. The van der Waals surface area contributed by atoms with Crippen LogP contribution in [0.2, 0.25) is 0 Å². The topological polar surface area (TPSA) is 115 Å². The van der Waals surface area contributed by atoms with Crippen molar-refractivity contribution in [3.63, 3.8) is 0 Å². The third kappa shape index (κ3) is 4.60. The molecule has 1 saturated heterocycles. The first kappa shape index (κ1) is 22.0. The van der Waals surface area contributed by atoms with Gasteiger partial charge in [0.15, 0.2) is 11.5 Å². The van der Waals surface area contributed by atoms with Crippen LogP contribution in [0.1, 0.15) is 33.6 Å². The first-order valence-electron chi connectivity index (χ1n) is 10.8. The first-order chi connectivity index (χ1) is 16.6. The number of urea groups is 1. The third-order valence-electron chi connectivity index (χ3n) is 5.75. The molecule has 0 atom stereocenters. The SMILES string of the molecule is COc1ccccc1NC(=O)N1CCC(c2nnc(C(=O)Nc3ccc4c(c3)OCO4)s2)CC1. The fourth-order valence-electron chi connectivity index (χ4n) is 3.92. The first-order valence-corrected chi connectivity index (χ1v) is 11.7. The Labute approximate surface area is 199 Å². The highest BCUT2D eigenvalue weighted by molar-refractivity contribution is 7.13. The fraction of sp³-hybridized carbons (Fsp3) is 0.304. The molecule has 0 radical (unpaired) electrons. The lowest BCUT2D eigenvalue weighted by molar-refractivity contribution is 0.102. The minimum absolute atomic E-state index is 0.153. The van der Waals surface area contributed by atoms with Crippen LogP contribution >= 0.6 is 11.3 Å². The summed E-state index contributed by atoms with van der Waals surface area (Å²) in [6, 6.07) is 12.4. The second-order valence-corrected chi connectivity index (χ2v) is 8.87. The summed E-state index contributed by atoms with van der Waals surface area (Å²) in [6.45, 7) is 1.35. The number of benzene rings is 2. The highest BCUT2D eigenvalue weighted by Gasteiger charge is 2.27. The van der Waals surface area contributed by atoms with E-state index < -0.39 is 0 Å². The summed E-state index contributed by atoms with van der Waals surface area (Å²) >= 11 is 1.28. The maximum absolute atomic E-state index is 12.7. The number of likely N-dealkylation sites (tertiary alicyclic amines) is 1. The van der Waals surface area contributed by atoms with Crippen molar-refractivity contribution in [2.45, 2.75) is 18.8 Å². The molecule has 0 spiro atoms. The number of carbonyl (C=O) groups is 2. The Morgan fingerprint density at radius 3 is 2.68 bits per heavy atom. The van der Waals surface area contributed by atoms with Crippen molar-refractivity contribution < 1.29 is 23.8 Å². The van der Waals surface area contributed by atoms with Gasteiger partial charge in [-0.25, -0.2) is 4.79 Å². The molecule has 2 aliphatic rings. The smallest absolute Gasteiger partial charge is 0.321 e. The molecule has 2 aromatic carbocycles. The van der Waals surface area contributed by atoms with Crippen LogP contribution in [0.4, 0.5) is 16.2 Å². The number of ether oxygens (including phenoxy) is 3. The lowest BCUT2D eigenvalue weighted by atomic mass is 9.98. The number of piperidine rings is 1.